The van der Waals surface area contributed by atoms with Crippen molar-refractivity contribution in [3.05, 3.63) is 12.7 Å². The Labute approximate surface area is 79.6 Å². The van der Waals surface area contributed by atoms with E-state index in [9.17, 15) is 4.79 Å². The van der Waals surface area contributed by atoms with Gasteiger partial charge in [-0.15, -0.1) is 6.58 Å². The van der Waals surface area contributed by atoms with E-state index in [1.54, 1.807) is 0 Å². The average molecular weight is 182 g/mol. The minimum absolute atomic E-state index is 0.0345. The van der Waals surface area contributed by atoms with Crippen molar-refractivity contribution >= 4 is 5.91 Å². The van der Waals surface area contributed by atoms with E-state index in [0.29, 0.717) is 0 Å². The maximum absolute atomic E-state index is 11.5. The molecule has 1 aliphatic heterocycles. The zero-order valence-corrected chi connectivity index (χ0v) is 8.18. The Morgan fingerprint density at radius 1 is 1.85 bits per heavy atom. The van der Waals surface area contributed by atoms with Gasteiger partial charge in [0.05, 0.1) is 6.04 Å². The van der Waals surface area contributed by atoms with Crippen LogP contribution in [-0.4, -0.2) is 24.5 Å². The summed E-state index contributed by atoms with van der Waals surface area (Å²) >= 11 is 0. The number of nitrogens with one attached hydrogen (secondary N) is 2. The van der Waals surface area contributed by atoms with E-state index in [2.05, 4.69) is 17.2 Å². The third kappa shape index (κ3) is 3.19. The molecule has 1 unspecified atom stereocenters. The van der Waals surface area contributed by atoms with Gasteiger partial charge in [-0.1, -0.05) is 6.08 Å². The van der Waals surface area contributed by atoms with E-state index in [1.807, 2.05) is 13.0 Å². The molecule has 0 saturated carbocycles. The van der Waals surface area contributed by atoms with Gasteiger partial charge in [0.25, 0.3) is 0 Å². The van der Waals surface area contributed by atoms with Crippen LogP contribution in [0, 0.1) is 0 Å². The fraction of sp³-hybridized carbons (Fsp3) is 0.700. The Bertz CT molecular complexity index is 185. The molecule has 13 heavy (non-hydrogen) atoms. The number of hydrogen-bond acceptors (Lipinski definition) is 2. The van der Waals surface area contributed by atoms with Crippen LogP contribution in [0.5, 0.6) is 0 Å². The summed E-state index contributed by atoms with van der Waals surface area (Å²) in [5.41, 5.74) is 0. The summed E-state index contributed by atoms with van der Waals surface area (Å²) < 4.78 is 0. The van der Waals surface area contributed by atoms with Gasteiger partial charge in [0.2, 0.25) is 5.91 Å². The van der Waals surface area contributed by atoms with Crippen molar-refractivity contribution in [3.63, 3.8) is 0 Å². The van der Waals surface area contributed by atoms with Gasteiger partial charge in [-0.25, -0.2) is 0 Å². The SMILES string of the molecule is C=CCC(C)NC(=O)[C@H]1CCCN1. The topological polar surface area (TPSA) is 41.1 Å². The summed E-state index contributed by atoms with van der Waals surface area (Å²) in [6.07, 6.45) is 4.73. The second-order valence-corrected chi connectivity index (χ2v) is 3.58. The van der Waals surface area contributed by atoms with Crippen molar-refractivity contribution in [2.45, 2.75) is 38.3 Å². The van der Waals surface area contributed by atoms with Crippen LogP contribution < -0.4 is 10.6 Å². The summed E-state index contributed by atoms with van der Waals surface area (Å²) in [7, 11) is 0. The summed E-state index contributed by atoms with van der Waals surface area (Å²) in [5, 5.41) is 6.12. The minimum Gasteiger partial charge on any atom is -0.352 e. The second-order valence-electron chi connectivity index (χ2n) is 3.58. The molecule has 1 fully saturated rings. The summed E-state index contributed by atoms with van der Waals surface area (Å²) in [6.45, 7) is 6.60. The smallest absolute Gasteiger partial charge is 0.237 e. The van der Waals surface area contributed by atoms with Crippen LogP contribution in [-0.2, 0) is 4.79 Å². The van der Waals surface area contributed by atoms with E-state index >= 15 is 0 Å². The second kappa shape index (κ2) is 5.02. The highest BCUT2D eigenvalue weighted by Gasteiger charge is 2.22. The van der Waals surface area contributed by atoms with E-state index in [-0.39, 0.29) is 18.0 Å². The van der Waals surface area contributed by atoms with Crippen molar-refractivity contribution in [2.75, 3.05) is 6.54 Å². The van der Waals surface area contributed by atoms with Crippen molar-refractivity contribution in [2.24, 2.45) is 0 Å². The van der Waals surface area contributed by atoms with E-state index in [4.69, 9.17) is 0 Å². The van der Waals surface area contributed by atoms with Gasteiger partial charge < -0.3 is 10.6 Å². The number of amides is 1. The largest absolute Gasteiger partial charge is 0.352 e. The number of carbonyl (C=O) groups excluding carboxylic acids is 1. The lowest BCUT2D eigenvalue weighted by Gasteiger charge is -2.15. The Morgan fingerprint density at radius 3 is 3.15 bits per heavy atom. The first-order valence-electron chi connectivity index (χ1n) is 4.88. The molecule has 1 amide bonds. The number of hydrogen-bond donors (Lipinski definition) is 2. The zero-order valence-electron chi connectivity index (χ0n) is 8.18. The highest BCUT2D eigenvalue weighted by Crippen LogP contribution is 2.05. The maximum atomic E-state index is 11.5. The van der Waals surface area contributed by atoms with Gasteiger partial charge in [-0.05, 0) is 32.7 Å². The van der Waals surface area contributed by atoms with Gasteiger partial charge in [0.1, 0.15) is 0 Å². The molecule has 2 N–H and O–H groups in total. The monoisotopic (exact) mass is 182 g/mol. The van der Waals surface area contributed by atoms with E-state index in [1.165, 1.54) is 0 Å². The van der Waals surface area contributed by atoms with Gasteiger partial charge in [0, 0.05) is 6.04 Å². The number of carbonyl (C=O) groups is 1. The predicted octanol–water partition coefficient (Wildman–Crippen LogP) is 0.819. The molecule has 3 heteroatoms. The molecule has 0 aromatic heterocycles. The first-order chi connectivity index (χ1) is 6.24. The van der Waals surface area contributed by atoms with E-state index in [0.717, 1.165) is 25.8 Å². The molecule has 0 spiro atoms. The van der Waals surface area contributed by atoms with Gasteiger partial charge in [-0.2, -0.15) is 0 Å². The van der Waals surface area contributed by atoms with Crippen LogP contribution in [0.1, 0.15) is 26.2 Å². The summed E-state index contributed by atoms with van der Waals surface area (Å²) in [4.78, 5) is 11.5. The van der Waals surface area contributed by atoms with Crippen LogP contribution >= 0.6 is 0 Å². The highest BCUT2D eigenvalue weighted by atomic mass is 16.2. The molecule has 2 atom stereocenters. The maximum Gasteiger partial charge on any atom is 0.237 e. The lowest BCUT2D eigenvalue weighted by atomic mass is 10.2. The molecule has 0 aromatic carbocycles. The molecule has 0 radical (unpaired) electrons. The highest BCUT2D eigenvalue weighted by molar-refractivity contribution is 5.82. The van der Waals surface area contributed by atoms with Crippen LogP contribution in [0.3, 0.4) is 0 Å². The quantitative estimate of drug-likeness (QED) is 0.632. The molecule has 1 saturated heterocycles. The molecule has 3 nitrogen and oxygen atoms in total. The first-order valence-corrected chi connectivity index (χ1v) is 4.88. The molecule has 0 bridgehead atoms. The van der Waals surface area contributed by atoms with Crippen LogP contribution in [0.25, 0.3) is 0 Å². The first kappa shape index (κ1) is 10.3. The lowest BCUT2D eigenvalue weighted by molar-refractivity contribution is -0.123. The fourth-order valence-electron chi connectivity index (χ4n) is 1.56. The van der Waals surface area contributed by atoms with Crippen LogP contribution in [0.2, 0.25) is 0 Å². The normalized spacial score (nSPS) is 23.9. The predicted molar refractivity (Wildman–Crippen MR) is 53.4 cm³/mol. The molecule has 1 heterocycles. The van der Waals surface area contributed by atoms with Crippen molar-refractivity contribution in [1.29, 1.82) is 0 Å². The van der Waals surface area contributed by atoms with Gasteiger partial charge in [0.15, 0.2) is 0 Å². The molecular formula is C10H18N2O. The Morgan fingerprint density at radius 2 is 2.62 bits per heavy atom. The molecule has 74 valence electrons. The fourth-order valence-corrected chi connectivity index (χ4v) is 1.56. The van der Waals surface area contributed by atoms with E-state index < -0.39 is 0 Å². The van der Waals surface area contributed by atoms with Crippen molar-refractivity contribution < 1.29 is 4.79 Å². The van der Waals surface area contributed by atoms with Crippen LogP contribution in [0.15, 0.2) is 12.7 Å². The number of rotatable bonds is 4. The molecule has 1 aliphatic rings. The van der Waals surface area contributed by atoms with Crippen molar-refractivity contribution in [1.82, 2.24) is 10.6 Å². The molecular weight excluding hydrogens is 164 g/mol. The minimum atomic E-state index is 0.0345. The Kier molecular flexibility index (Phi) is 3.96. The average Bonchev–Trinajstić information content (AvgIpc) is 2.55. The third-order valence-corrected chi connectivity index (χ3v) is 2.29. The summed E-state index contributed by atoms with van der Waals surface area (Å²) in [5.74, 6) is 0.131. The molecule has 1 rings (SSSR count). The summed E-state index contributed by atoms with van der Waals surface area (Å²) in [6, 6.07) is 0.236. The Hall–Kier alpha value is -0.830. The van der Waals surface area contributed by atoms with Gasteiger partial charge >= 0.3 is 0 Å². The Balaban J connectivity index is 2.26. The van der Waals surface area contributed by atoms with Crippen LogP contribution in [0.4, 0.5) is 0 Å². The molecule has 0 aliphatic carbocycles. The van der Waals surface area contributed by atoms with Gasteiger partial charge in [-0.3, -0.25) is 4.79 Å². The molecule has 0 aromatic rings. The zero-order chi connectivity index (χ0) is 9.68. The standard InChI is InChI=1S/C10H18N2O/c1-3-5-8(2)12-10(13)9-6-4-7-11-9/h3,8-9,11H,1,4-7H2,2H3,(H,12,13)/t8?,9-/m1/s1. The van der Waals surface area contributed by atoms with Crippen molar-refractivity contribution in [3.8, 4) is 0 Å². The third-order valence-electron chi connectivity index (χ3n) is 2.29. The lowest BCUT2D eigenvalue weighted by Crippen LogP contribution is -2.44.